The minimum atomic E-state index is 0.728. The van der Waals surface area contributed by atoms with Crippen molar-refractivity contribution in [2.24, 2.45) is 0 Å². The predicted molar refractivity (Wildman–Crippen MR) is 113 cm³/mol. The minimum Gasteiger partial charge on any atom is -0.497 e. The lowest BCUT2D eigenvalue weighted by molar-refractivity contribution is 0.395. The molecule has 28 heavy (non-hydrogen) atoms. The first-order chi connectivity index (χ1) is 13.7. The molecule has 6 nitrogen and oxygen atoms in total. The predicted octanol–water partition coefficient (Wildman–Crippen LogP) is 5.00. The Hall–Kier alpha value is -2.71. The van der Waals surface area contributed by atoms with Crippen LogP contribution in [-0.4, -0.2) is 36.3 Å². The summed E-state index contributed by atoms with van der Waals surface area (Å²) in [6, 6.07) is 11.6. The van der Waals surface area contributed by atoms with Crippen molar-refractivity contribution >= 4 is 34.1 Å². The van der Waals surface area contributed by atoms with E-state index in [1.165, 1.54) is 0 Å². The summed E-state index contributed by atoms with van der Waals surface area (Å²) >= 11 is 3.22. The van der Waals surface area contributed by atoms with Crippen LogP contribution in [0.3, 0.4) is 0 Å². The molecule has 0 radical (unpaired) electrons. The number of fused-ring (bicyclic) bond motifs is 1. The van der Waals surface area contributed by atoms with E-state index in [1.54, 1.807) is 44.4 Å². The molecule has 0 atom stereocenters. The Kier molecular flexibility index (Phi) is 5.40. The number of nitrogens with zero attached hydrogens (tertiary/aromatic N) is 2. The van der Waals surface area contributed by atoms with Crippen LogP contribution in [0.1, 0.15) is 5.69 Å². The fourth-order valence-electron chi connectivity index (χ4n) is 2.78. The Morgan fingerprint density at radius 2 is 1.75 bits per heavy atom. The third-order valence-corrected chi connectivity index (χ3v) is 6.05. The molecule has 0 bridgehead atoms. The van der Waals surface area contributed by atoms with Crippen LogP contribution in [0.15, 0.2) is 46.9 Å². The molecule has 0 saturated carbocycles. The van der Waals surface area contributed by atoms with Gasteiger partial charge in [0.05, 0.1) is 43.6 Å². The number of imidazole rings is 1. The highest BCUT2D eigenvalue weighted by Crippen LogP contribution is 2.36. The molecule has 8 heteroatoms. The highest BCUT2D eigenvalue weighted by molar-refractivity contribution is 7.98. The van der Waals surface area contributed by atoms with Crippen molar-refractivity contribution in [1.82, 2.24) is 15.0 Å². The Labute approximate surface area is 170 Å². The van der Waals surface area contributed by atoms with Gasteiger partial charge in [-0.15, -0.1) is 11.3 Å². The number of thioether (sulfide) groups is 1. The van der Waals surface area contributed by atoms with Crippen LogP contribution in [0, 0.1) is 0 Å². The Balaban J connectivity index is 1.49. The molecular formula is C20H19N3O3S2. The normalized spacial score (nSPS) is 11.0. The quantitative estimate of drug-likeness (QED) is 0.430. The standard InChI is InChI=1S/C20H19N3O3S2/c1-24-13-5-7-16-17(8-13)23-20(22-16)28-11-12-10-27-19(21-12)15-6-4-14(25-2)9-18(15)26-3/h4-10H,11H2,1-3H3,(H,22,23). The summed E-state index contributed by atoms with van der Waals surface area (Å²) in [4.78, 5) is 12.7. The molecule has 0 spiro atoms. The second-order valence-corrected chi connectivity index (χ2v) is 7.75. The number of rotatable bonds is 7. The molecule has 144 valence electrons. The van der Waals surface area contributed by atoms with Gasteiger partial charge in [-0.1, -0.05) is 11.8 Å². The van der Waals surface area contributed by atoms with Gasteiger partial charge in [0.15, 0.2) is 5.16 Å². The number of hydrogen-bond acceptors (Lipinski definition) is 7. The van der Waals surface area contributed by atoms with Gasteiger partial charge in [-0.05, 0) is 24.3 Å². The molecule has 2 aromatic heterocycles. The Bertz CT molecular complexity index is 1110. The molecule has 0 saturated heterocycles. The summed E-state index contributed by atoms with van der Waals surface area (Å²) in [5, 5.41) is 3.85. The van der Waals surface area contributed by atoms with Crippen LogP contribution in [0.2, 0.25) is 0 Å². The largest absolute Gasteiger partial charge is 0.497 e. The number of H-pyrrole nitrogens is 1. The van der Waals surface area contributed by atoms with E-state index in [0.717, 1.165) is 55.5 Å². The van der Waals surface area contributed by atoms with E-state index in [4.69, 9.17) is 19.2 Å². The third-order valence-electron chi connectivity index (χ3n) is 4.21. The monoisotopic (exact) mass is 413 g/mol. The highest BCUT2D eigenvalue weighted by Gasteiger charge is 2.12. The molecule has 2 heterocycles. The zero-order valence-electron chi connectivity index (χ0n) is 15.7. The zero-order valence-corrected chi connectivity index (χ0v) is 17.3. The minimum absolute atomic E-state index is 0.728. The summed E-state index contributed by atoms with van der Waals surface area (Å²) in [6.45, 7) is 0. The topological polar surface area (TPSA) is 69.3 Å². The van der Waals surface area contributed by atoms with Crippen molar-refractivity contribution in [3.05, 3.63) is 47.5 Å². The molecule has 2 aromatic carbocycles. The van der Waals surface area contributed by atoms with E-state index in [9.17, 15) is 0 Å². The lowest BCUT2D eigenvalue weighted by atomic mass is 10.2. The van der Waals surface area contributed by atoms with Gasteiger partial charge in [-0.25, -0.2) is 9.97 Å². The number of thiazole rings is 1. The third kappa shape index (κ3) is 3.79. The first-order valence-corrected chi connectivity index (χ1v) is 10.4. The molecule has 0 aliphatic heterocycles. The van der Waals surface area contributed by atoms with Crippen molar-refractivity contribution in [2.75, 3.05) is 21.3 Å². The van der Waals surface area contributed by atoms with E-state index < -0.39 is 0 Å². The van der Waals surface area contributed by atoms with E-state index >= 15 is 0 Å². The Morgan fingerprint density at radius 3 is 2.54 bits per heavy atom. The maximum atomic E-state index is 5.49. The maximum absolute atomic E-state index is 5.49. The van der Waals surface area contributed by atoms with Crippen LogP contribution >= 0.6 is 23.1 Å². The number of benzene rings is 2. The van der Waals surface area contributed by atoms with E-state index in [0.29, 0.717) is 0 Å². The van der Waals surface area contributed by atoms with Crippen molar-refractivity contribution in [3.8, 4) is 27.8 Å². The first kappa shape index (κ1) is 18.6. The van der Waals surface area contributed by atoms with Gasteiger partial charge < -0.3 is 19.2 Å². The van der Waals surface area contributed by atoms with Gasteiger partial charge in [0, 0.05) is 23.3 Å². The first-order valence-electron chi connectivity index (χ1n) is 8.53. The average molecular weight is 414 g/mol. The fraction of sp³-hybridized carbons (Fsp3) is 0.200. The number of hydrogen-bond donors (Lipinski definition) is 1. The highest BCUT2D eigenvalue weighted by atomic mass is 32.2. The number of nitrogens with one attached hydrogen (secondary N) is 1. The average Bonchev–Trinajstić information content (AvgIpc) is 3.37. The molecule has 0 fully saturated rings. The molecule has 0 amide bonds. The van der Waals surface area contributed by atoms with Crippen molar-refractivity contribution in [1.29, 1.82) is 0 Å². The molecule has 0 unspecified atom stereocenters. The van der Waals surface area contributed by atoms with E-state index in [-0.39, 0.29) is 0 Å². The summed E-state index contributed by atoms with van der Waals surface area (Å²) in [5.74, 6) is 3.05. The SMILES string of the molecule is COc1ccc(-c2nc(CSc3nc4ccc(OC)cc4[nH]3)cs2)c(OC)c1. The maximum Gasteiger partial charge on any atom is 0.166 e. The number of methoxy groups -OCH3 is 3. The zero-order chi connectivity index (χ0) is 19.5. The Morgan fingerprint density at radius 1 is 0.964 bits per heavy atom. The number of aromatic amines is 1. The molecule has 0 aliphatic rings. The molecule has 4 aromatic rings. The van der Waals surface area contributed by atoms with Crippen LogP contribution in [-0.2, 0) is 5.75 Å². The molecular weight excluding hydrogens is 394 g/mol. The smallest absolute Gasteiger partial charge is 0.166 e. The summed E-state index contributed by atoms with van der Waals surface area (Å²) in [6.07, 6.45) is 0. The second-order valence-electron chi connectivity index (χ2n) is 5.92. The van der Waals surface area contributed by atoms with E-state index in [2.05, 4.69) is 15.3 Å². The number of ether oxygens (including phenoxy) is 3. The second kappa shape index (κ2) is 8.12. The lowest BCUT2D eigenvalue weighted by Crippen LogP contribution is -1.90. The van der Waals surface area contributed by atoms with Crippen LogP contribution in [0.4, 0.5) is 0 Å². The van der Waals surface area contributed by atoms with Gasteiger partial charge >= 0.3 is 0 Å². The number of aromatic nitrogens is 3. The van der Waals surface area contributed by atoms with Gasteiger partial charge in [0.2, 0.25) is 0 Å². The van der Waals surface area contributed by atoms with E-state index in [1.807, 2.05) is 36.4 Å². The van der Waals surface area contributed by atoms with Gasteiger partial charge in [-0.2, -0.15) is 0 Å². The summed E-state index contributed by atoms with van der Waals surface area (Å²) in [5.41, 5.74) is 3.84. The van der Waals surface area contributed by atoms with Crippen LogP contribution < -0.4 is 14.2 Å². The van der Waals surface area contributed by atoms with Crippen LogP contribution in [0.5, 0.6) is 17.2 Å². The van der Waals surface area contributed by atoms with Gasteiger partial charge in [0.25, 0.3) is 0 Å². The van der Waals surface area contributed by atoms with Crippen molar-refractivity contribution < 1.29 is 14.2 Å². The summed E-state index contributed by atoms with van der Waals surface area (Å²) in [7, 11) is 4.95. The molecule has 4 rings (SSSR count). The van der Waals surface area contributed by atoms with Crippen molar-refractivity contribution in [3.63, 3.8) is 0 Å². The lowest BCUT2D eigenvalue weighted by Gasteiger charge is -2.08. The molecule has 0 aliphatic carbocycles. The van der Waals surface area contributed by atoms with Crippen molar-refractivity contribution in [2.45, 2.75) is 10.9 Å². The van der Waals surface area contributed by atoms with Gasteiger partial charge in [-0.3, -0.25) is 0 Å². The van der Waals surface area contributed by atoms with Crippen LogP contribution in [0.25, 0.3) is 21.6 Å². The fourth-order valence-corrected chi connectivity index (χ4v) is 4.51. The summed E-state index contributed by atoms with van der Waals surface area (Å²) < 4.78 is 16.0. The molecule has 1 N–H and O–H groups in total. The van der Waals surface area contributed by atoms with Gasteiger partial charge in [0.1, 0.15) is 22.3 Å².